The summed E-state index contributed by atoms with van der Waals surface area (Å²) in [5, 5.41) is 4.07. The van der Waals surface area contributed by atoms with Gasteiger partial charge in [-0.1, -0.05) is 13.8 Å². The van der Waals surface area contributed by atoms with Crippen LogP contribution < -0.4 is 0 Å². The van der Waals surface area contributed by atoms with E-state index in [2.05, 4.69) is 5.10 Å². The summed E-state index contributed by atoms with van der Waals surface area (Å²) < 4.78 is 1.59. The van der Waals surface area contributed by atoms with E-state index in [9.17, 15) is 9.59 Å². The number of hydrogen-bond acceptors (Lipinski definition) is 3. The highest BCUT2D eigenvalue weighted by Gasteiger charge is 2.17. The first-order valence-electron chi connectivity index (χ1n) is 4.98. The van der Waals surface area contributed by atoms with Gasteiger partial charge in [-0.25, -0.2) is 0 Å². The van der Waals surface area contributed by atoms with E-state index >= 15 is 0 Å². The van der Waals surface area contributed by atoms with Crippen LogP contribution in [-0.2, 0) is 11.8 Å². The van der Waals surface area contributed by atoms with Crippen LogP contribution in [0.4, 0.5) is 0 Å². The van der Waals surface area contributed by atoms with Gasteiger partial charge in [0.25, 0.3) is 0 Å². The summed E-state index contributed by atoms with van der Waals surface area (Å²) in [7, 11) is 1.76. The molecular formula is C11H16N2O2. The zero-order valence-electron chi connectivity index (χ0n) is 9.57. The monoisotopic (exact) mass is 208 g/mol. The maximum atomic E-state index is 11.7. The SMILES string of the molecule is Cc1nn(C)cc1C(=O)CC(=O)C(C)C. The van der Waals surface area contributed by atoms with E-state index in [-0.39, 0.29) is 23.9 Å². The Bertz CT molecular complexity index is 391. The van der Waals surface area contributed by atoms with Gasteiger partial charge in [-0.05, 0) is 6.92 Å². The Labute approximate surface area is 89.3 Å². The average Bonchev–Trinajstić information content (AvgIpc) is 2.44. The van der Waals surface area contributed by atoms with Crippen LogP contribution in [0.15, 0.2) is 6.20 Å². The molecule has 0 bridgehead atoms. The van der Waals surface area contributed by atoms with Crippen molar-refractivity contribution in [1.82, 2.24) is 9.78 Å². The lowest BCUT2D eigenvalue weighted by Gasteiger charge is -2.01. The van der Waals surface area contributed by atoms with E-state index in [4.69, 9.17) is 0 Å². The molecule has 0 radical (unpaired) electrons. The van der Waals surface area contributed by atoms with Crippen LogP contribution >= 0.6 is 0 Å². The van der Waals surface area contributed by atoms with Crippen molar-refractivity contribution in [2.45, 2.75) is 27.2 Å². The van der Waals surface area contributed by atoms with Crippen LogP contribution in [0, 0.1) is 12.8 Å². The summed E-state index contributed by atoms with van der Waals surface area (Å²) in [6.07, 6.45) is 1.63. The molecule has 4 heteroatoms. The van der Waals surface area contributed by atoms with Gasteiger partial charge in [0, 0.05) is 19.2 Å². The highest BCUT2D eigenvalue weighted by atomic mass is 16.1. The zero-order chi connectivity index (χ0) is 11.6. The van der Waals surface area contributed by atoms with Crippen LogP contribution in [0.2, 0.25) is 0 Å². The van der Waals surface area contributed by atoms with Crippen LogP contribution in [0.3, 0.4) is 0 Å². The number of Topliss-reactive ketones (excluding diaryl/α,β-unsaturated/α-hetero) is 2. The van der Waals surface area contributed by atoms with Crippen LogP contribution in [0.5, 0.6) is 0 Å². The predicted octanol–water partition coefficient (Wildman–Crippen LogP) is 1.53. The van der Waals surface area contributed by atoms with Crippen LogP contribution in [0.1, 0.15) is 36.3 Å². The molecule has 0 atom stereocenters. The Kier molecular flexibility index (Phi) is 3.39. The number of aryl methyl sites for hydroxylation is 2. The number of hydrogen-bond donors (Lipinski definition) is 0. The lowest BCUT2D eigenvalue weighted by atomic mass is 10.0. The first kappa shape index (κ1) is 11.6. The topological polar surface area (TPSA) is 52.0 Å². The minimum absolute atomic E-state index is 0.0236. The van der Waals surface area contributed by atoms with Crippen molar-refractivity contribution in [1.29, 1.82) is 0 Å². The molecule has 15 heavy (non-hydrogen) atoms. The Balaban J connectivity index is 2.78. The Morgan fingerprint density at radius 2 is 2.07 bits per heavy atom. The third-order valence-electron chi connectivity index (χ3n) is 2.29. The zero-order valence-corrected chi connectivity index (χ0v) is 9.57. The molecule has 0 saturated heterocycles. The minimum atomic E-state index is -0.140. The second kappa shape index (κ2) is 4.38. The molecule has 82 valence electrons. The number of carbonyl (C=O) groups is 2. The summed E-state index contributed by atoms with van der Waals surface area (Å²) in [5.41, 5.74) is 1.23. The van der Waals surface area contributed by atoms with Crippen LogP contribution in [0.25, 0.3) is 0 Å². The van der Waals surface area contributed by atoms with E-state index in [0.717, 1.165) is 0 Å². The third kappa shape index (κ3) is 2.75. The molecule has 1 aromatic rings. The molecule has 1 heterocycles. The fraction of sp³-hybridized carbons (Fsp3) is 0.545. The summed E-state index contributed by atoms with van der Waals surface area (Å²) in [6, 6.07) is 0. The molecular weight excluding hydrogens is 192 g/mol. The second-order valence-corrected chi connectivity index (χ2v) is 4.02. The quantitative estimate of drug-likeness (QED) is 0.557. The molecule has 1 aromatic heterocycles. The van der Waals surface area contributed by atoms with Crippen molar-refractivity contribution in [2.75, 3.05) is 0 Å². The van der Waals surface area contributed by atoms with Gasteiger partial charge in [-0.3, -0.25) is 14.3 Å². The highest BCUT2D eigenvalue weighted by molar-refractivity contribution is 6.08. The molecule has 0 aromatic carbocycles. The molecule has 1 rings (SSSR count). The van der Waals surface area contributed by atoms with Gasteiger partial charge in [-0.15, -0.1) is 0 Å². The highest BCUT2D eigenvalue weighted by Crippen LogP contribution is 2.10. The molecule has 0 amide bonds. The molecule has 0 fully saturated rings. The van der Waals surface area contributed by atoms with Crippen molar-refractivity contribution in [3.05, 3.63) is 17.5 Å². The van der Waals surface area contributed by atoms with Gasteiger partial charge in [0.1, 0.15) is 5.78 Å². The van der Waals surface area contributed by atoms with Gasteiger partial charge in [0.05, 0.1) is 17.7 Å². The van der Waals surface area contributed by atoms with Crippen LogP contribution in [-0.4, -0.2) is 21.3 Å². The molecule has 4 nitrogen and oxygen atoms in total. The van der Waals surface area contributed by atoms with Crippen molar-refractivity contribution in [2.24, 2.45) is 13.0 Å². The summed E-state index contributed by atoms with van der Waals surface area (Å²) in [6.45, 7) is 5.37. The first-order valence-corrected chi connectivity index (χ1v) is 4.98. The largest absolute Gasteiger partial charge is 0.299 e. The fourth-order valence-electron chi connectivity index (χ4n) is 1.33. The summed E-state index contributed by atoms with van der Waals surface area (Å²) in [4.78, 5) is 23.1. The number of ketones is 2. The van der Waals surface area contributed by atoms with Crippen molar-refractivity contribution >= 4 is 11.6 Å². The van der Waals surface area contributed by atoms with Gasteiger partial charge < -0.3 is 0 Å². The number of aromatic nitrogens is 2. The first-order chi connectivity index (χ1) is 6.91. The maximum absolute atomic E-state index is 11.7. The van der Waals surface area contributed by atoms with Gasteiger partial charge >= 0.3 is 0 Å². The lowest BCUT2D eigenvalue weighted by Crippen LogP contribution is -2.13. The molecule has 0 N–H and O–H groups in total. The summed E-state index contributed by atoms with van der Waals surface area (Å²) >= 11 is 0. The second-order valence-electron chi connectivity index (χ2n) is 4.02. The summed E-state index contributed by atoms with van der Waals surface area (Å²) in [5.74, 6) is -0.256. The van der Waals surface area contributed by atoms with Crippen molar-refractivity contribution in [3.63, 3.8) is 0 Å². The number of carbonyl (C=O) groups excluding carboxylic acids is 2. The van der Waals surface area contributed by atoms with Gasteiger partial charge in [0.15, 0.2) is 5.78 Å². The fourth-order valence-corrected chi connectivity index (χ4v) is 1.33. The smallest absolute Gasteiger partial charge is 0.173 e. The van der Waals surface area contributed by atoms with E-state index in [1.165, 1.54) is 0 Å². The number of rotatable bonds is 4. The Hall–Kier alpha value is -1.45. The van der Waals surface area contributed by atoms with E-state index in [1.807, 2.05) is 0 Å². The maximum Gasteiger partial charge on any atom is 0.173 e. The Morgan fingerprint density at radius 1 is 1.47 bits per heavy atom. The standard InChI is InChI=1S/C11H16N2O2/c1-7(2)10(14)5-11(15)9-6-13(4)12-8(9)3/h6-7H,5H2,1-4H3. The number of nitrogens with zero attached hydrogens (tertiary/aromatic N) is 2. The molecule has 0 aliphatic heterocycles. The van der Waals surface area contributed by atoms with Gasteiger partial charge in [0.2, 0.25) is 0 Å². The Morgan fingerprint density at radius 3 is 2.47 bits per heavy atom. The lowest BCUT2D eigenvalue weighted by molar-refractivity contribution is -0.121. The molecule has 0 unspecified atom stereocenters. The molecule has 0 saturated carbocycles. The van der Waals surface area contributed by atoms with E-state index in [0.29, 0.717) is 11.3 Å². The molecule has 0 aliphatic rings. The van der Waals surface area contributed by atoms with Crippen molar-refractivity contribution in [3.8, 4) is 0 Å². The predicted molar refractivity (Wildman–Crippen MR) is 56.7 cm³/mol. The van der Waals surface area contributed by atoms with E-state index < -0.39 is 0 Å². The minimum Gasteiger partial charge on any atom is -0.299 e. The normalized spacial score (nSPS) is 10.7. The average molecular weight is 208 g/mol. The molecule has 0 spiro atoms. The van der Waals surface area contributed by atoms with Gasteiger partial charge in [-0.2, -0.15) is 5.10 Å². The van der Waals surface area contributed by atoms with E-state index in [1.54, 1.807) is 38.7 Å². The molecule has 0 aliphatic carbocycles. The third-order valence-corrected chi connectivity index (χ3v) is 2.29. The van der Waals surface area contributed by atoms with Crippen molar-refractivity contribution < 1.29 is 9.59 Å².